The third kappa shape index (κ3) is 5.65. The number of benzene rings is 1. The van der Waals surface area contributed by atoms with E-state index in [4.69, 9.17) is 28.9 Å². The van der Waals surface area contributed by atoms with Crippen LogP contribution < -0.4 is 11.1 Å². The number of hydrogen-bond acceptors (Lipinski definition) is 5. The second-order valence-electron chi connectivity index (χ2n) is 5.30. The molecule has 146 valence electrons. The molecule has 0 radical (unpaired) electrons. The molecule has 0 aromatic heterocycles. The number of aromatic hydroxyl groups is 1. The number of nitrogens with two attached hydrogens (primary N) is 1. The molecule has 1 aromatic rings. The van der Waals surface area contributed by atoms with Crippen molar-refractivity contribution in [3.8, 4) is 5.75 Å². The predicted molar refractivity (Wildman–Crippen MR) is 89.2 cm³/mol. The standard InChI is InChI=1S/C15H17Cl2F3N2O4/c1-26-13(24)10(22-14(25)15(18,19)20)6-7-5-9(16)12(23)11(17)8(7)3-2-4-21/h5,10,23H,2-4,6,21H2,1H3,(H,22,25)/t10-/m0/s1. The minimum atomic E-state index is -5.17. The highest BCUT2D eigenvalue weighted by molar-refractivity contribution is 6.37. The first-order chi connectivity index (χ1) is 12.0. The quantitative estimate of drug-likeness (QED) is 0.592. The van der Waals surface area contributed by atoms with Gasteiger partial charge in [0.05, 0.1) is 17.2 Å². The van der Waals surface area contributed by atoms with Gasteiger partial charge in [-0.25, -0.2) is 4.79 Å². The van der Waals surface area contributed by atoms with Gasteiger partial charge in [-0.15, -0.1) is 0 Å². The number of nitrogens with one attached hydrogen (secondary N) is 1. The molecule has 0 fully saturated rings. The molecule has 11 heteroatoms. The molecule has 4 N–H and O–H groups in total. The number of esters is 1. The van der Waals surface area contributed by atoms with E-state index >= 15 is 0 Å². The minimum Gasteiger partial charge on any atom is -0.505 e. The van der Waals surface area contributed by atoms with Crippen LogP contribution in [-0.4, -0.2) is 42.9 Å². The SMILES string of the molecule is COC(=O)[C@H](Cc1cc(Cl)c(O)c(Cl)c1CCCN)NC(=O)C(F)(F)F. The first-order valence-electron chi connectivity index (χ1n) is 7.37. The lowest BCUT2D eigenvalue weighted by Gasteiger charge is -2.20. The molecule has 0 aliphatic rings. The Kier molecular flexibility index (Phi) is 7.98. The number of amides is 1. The maximum atomic E-state index is 12.5. The van der Waals surface area contributed by atoms with Crippen LogP contribution in [0.3, 0.4) is 0 Å². The van der Waals surface area contributed by atoms with Crippen LogP contribution in [0.5, 0.6) is 5.75 Å². The Balaban J connectivity index is 3.24. The van der Waals surface area contributed by atoms with Gasteiger partial charge in [-0.3, -0.25) is 4.79 Å². The largest absolute Gasteiger partial charge is 0.505 e. The van der Waals surface area contributed by atoms with Crippen LogP contribution in [0.2, 0.25) is 10.0 Å². The fourth-order valence-corrected chi connectivity index (χ4v) is 2.82. The third-order valence-electron chi connectivity index (χ3n) is 3.49. The Morgan fingerprint density at radius 2 is 2.00 bits per heavy atom. The fraction of sp³-hybridized carbons (Fsp3) is 0.467. The average Bonchev–Trinajstić information content (AvgIpc) is 2.57. The number of methoxy groups -OCH3 is 1. The zero-order valence-corrected chi connectivity index (χ0v) is 15.1. The van der Waals surface area contributed by atoms with Gasteiger partial charge in [-0.1, -0.05) is 23.2 Å². The van der Waals surface area contributed by atoms with Crippen LogP contribution >= 0.6 is 23.2 Å². The highest BCUT2D eigenvalue weighted by atomic mass is 35.5. The second-order valence-corrected chi connectivity index (χ2v) is 6.09. The number of carbonyl (C=O) groups is 2. The summed E-state index contributed by atoms with van der Waals surface area (Å²) in [6, 6.07) is -0.355. The molecule has 26 heavy (non-hydrogen) atoms. The first-order valence-corrected chi connectivity index (χ1v) is 8.12. The van der Waals surface area contributed by atoms with E-state index in [0.29, 0.717) is 18.5 Å². The molecule has 1 rings (SSSR count). The molecule has 1 amide bonds. The summed E-state index contributed by atoms with van der Waals surface area (Å²) < 4.78 is 41.9. The molecule has 0 unspecified atom stereocenters. The number of rotatable bonds is 7. The van der Waals surface area contributed by atoms with E-state index in [0.717, 1.165) is 7.11 Å². The molecule has 0 saturated heterocycles. The van der Waals surface area contributed by atoms with Gasteiger partial charge in [0.1, 0.15) is 6.04 Å². The monoisotopic (exact) mass is 416 g/mol. The normalized spacial score (nSPS) is 12.6. The Morgan fingerprint density at radius 3 is 2.50 bits per heavy atom. The lowest BCUT2D eigenvalue weighted by Crippen LogP contribution is -2.48. The number of halogens is 5. The van der Waals surface area contributed by atoms with Crippen molar-refractivity contribution in [2.75, 3.05) is 13.7 Å². The number of hydrogen-bond donors (Lipinski definition) is 3. The number of phenols is 1. The van der Waals surface area contributed by atoms with Crippen molar-refractivity contribution in [3.05, 3.63) is 27.2 Å². The predicted octanol–water partition coefficient (Wildman–Crippen LogP) is 2.35. The van der Waals surface area contributed by atoms with Crippen molar-refractivity contribution in [2.24, 2.45) is 5.73 Å². The van der Waals surface area contributed by atoms with Gasteiger partial charge in [0, 0.05) is 6.42 Å². The van der Waals surface area contributed by atoms with Gasteiger partial charge in [-0.2, -0.15) is 13.2 Å². The number of phenolic OH excluding ortho intramolecular Hbond substituents is 1. The molecule has 0 aliphatic heterocycles. The van der Waals surface area contributed by atoms with Crippen LogP contribution in [0.15, 0.2) is 6.07 Å². The zero-order valence-electron chi connectivity index (χ0n) is 13.6. The molecule has 0 bridgehead atoms. The zero-order chi connectivity index (χ0) is 20.1. The summed E-state index contributed by atoms with van der Waals surface area (Å²) in [5.41, 5.74) is 6.09. The topological polar surface area (TPSA) is 102 Å². The third-order valence-corrected chi connectivity index (χ3v) is 4.19. The highest BCUT2D eigenvalue weighted by Crippen LogP contribution is 2.38. The fourth-order valence-electron chi connectivity index (χ4n) is 2.22. The van der Waals surface area contributed by atoms with E-state index < -0.39 is 29.8 Å². The average molecular weight is 417 g/mol. The van der Waals surface area contributed by atoms with Gasteiger partial charge in [0.2, 0.25) is 0 Å². The van der Waals surface area contributed by atoms with Crippen LogP contribution in [-0.2, 0) is 27.2 Å². The van der Waals surface area contributed by atoms with Crippen LogP contribution in [0.4, 0.5) is 13.2 Å². The molecule has 6 nitrogen and oxygen atoms in total. The van der Waals surface area contributed by atoms with E-state index in [1.54, 1.807) is 5.32 Å². The van der Waals surface area contributed by atoms with Crippen LogP contribution in [0.1, 0.15) is 17.5 Å². The maximum Gasteiger partial charge on any atom is 0.471 e. The molecule has 0 spiro atoms. The minimum absolute atomic E-state index is 0.0910. The van der Waals surface area contributed by atoms with Crippen molar-refractivity contribution < 1.29 is 32.6 Å². The smallest absolute Gasteiger partial charge is 0.471 e. The van der Waals surface area contributed by atoms with E-state index in [2.05, 4.69) is 4.74 Å². The van der Waals surface area contributed by atoms with Crippen molar-refractivity contribution >= 4 is 35.1 Å². The number of alkyl halides is 3. The highest BCUT2D eigenvalue weighted by Gasteiger charge is 2.41. The number of ether oxygens (including phenoxy) is 1. The summed E-state index contributed by atoms with van der Waals surface area (Å²) in [4.78, 5) is 23.0. The number of carbonyl (C=O) groups excluding carboxylic acids is 2. The van der Waals surface area contributed by atoms with Gasteiger partial charge >= 0.3 is 18.1 Å². The van der Waals surface area contributed by atoms with E-state index in [1.807, 2.05) is 0 Å². The van der Waals surface area contributed by atoms with Gasteiger partial charge in [0.15, 0.2) is 5.75 Å². The second kappa shape index (κ2) is 9.29. The lowest BCUT2D eigenvalue weighted by molar-refractivity contribution is -0.175. The maximum absolute atomic E-state index is 12.5. The van der Waals surface area contributed by atoms with Crippen molar-refractivity contribution in [1.29, 1.82) is 0 Å². The van der Waals surface area contributed by atoms with E-state index in [-0.39, 0.29) is 28.5 Å². The van der Waals surface area contributed by atoms with E-state index in [1.165, 1.54) is 6.07 Å². The first kappa shape index (κ1) is 22.3. The van der Waals surface area contributed by atoms with Crippen molar-refractivity contribution in [1.82, 2.24) is 5.32 Å². The molecule has 0 saturated carbocycles. The van der Waals surface area contributed by atoms with Crippen molar-refractivity contribution in [3.63, 3.8) is 0 Å². The summed E-state index contributed by atoms with van der Waals surface area (Å²) in [5.74, 6) is -3.75. The summed E-state index contributed by atoms with van der Waals surface area (Å²) in [5, 5.41) is 11.2. The molecular formula is C15H17Cl2F3N2O4. The summed E-state index contributed by atoms with van der Waals surface area (Å²) >= 11 is 11.9. The summed E-state index contributed by atoms with van der Waals surface area (Å²) in [6.07, 6.45) is -4.78. The van der Waals surface area contributed by atoms with E-state index in [9.17, 15) is 27.9 Å². The Bertz CT molecular complexity index is 684. The molecular weight excluding hydrogens is 400 g/mol. The Morgan fingerprint density at radius 1 is 1.38 bits per heavy atom. The molecule has 1 aromatic carbocycles. The molecule has 0 heterocycles. The van der Waals surface area contributed by atoms with Gasteiger partial charge in [0.25, 0.3) is 0 Å². The molecule has 1 atom stereocenters. The van der Waals surface area contributed by atoms with Crippen LogP contribution in [0, 0.1) is 0 Å². The lowest BCUT2D eigenvalue weighted by atomic mass is 9.96. The summed E-state index contributed by atoms with van der Waals surface area (Å²) in [7, 11) is 0.973. The Hall–Kier alpha value is -1.71. The summed E-state index contributed by atoms with van der Waals surface area (Å²) in [6.45, 7) is 0.296. The Labute approximate surface area is 157 Å². The van der Waals surface area contributed by atoms with Crippen LogP contribution in [0.25, 0.3) is 0 Å². The van der Waals surface area contributed by atoms with Crippen molar-refractivity contribution in [2.45, 2.75) is 31.5 Å². The van der Waals surface area contributed by atoms with Gasteiger partial charge < -0.3 is 20.9 Å². The molecule has 0 aliphatic carbocycles. The van der Waals surface area contributed by atoms with Gasteiger partial charge in [-0.05, 0) is 36.6 Å².